The minimum atomic E-state index is -0.288. The number of furan rings is 1. The highest BCUT2D eigenvalue weighted by Crippen LogP contribution is 2.32. The quantitative estimate of drug-likeness (QED) is 0.591. The monoisotopic (exact) mass is 368 g/mol. The number of carbonyl (C=O) groups excluding carboxylic acids is 1. The van der Waals surface area contributed by atoms with Gasteiger partial charge < -0.3 is 9.15 Å². The summed E-state index contributed by atoms with van der Waals surface area (Å²) >= 11 is 1.33. The molecule has 0 fully saturated rings. The molecule has 0 aliphatic rings. The minimum absolute atomic E-state index is 0.288. The number of aryl methyl sites for hydroxylation is 2. The molecule has 1 aromatic carbocycles. The summed E-state index contributed by atoms with van der Waals surface area (Å²) in [5, 5.41) is 10.2. The van der Waals surface area contributed by atoms with Crippen molar-refractivity contribution in [2.75, 3.05) is 12.4 Å². The van der Waals surface area contributed by atoms with Gasteiger partial charge in [0.15, 0.2) is 16.6 Å². The van der Waals surface area contributed by atoms with Gasteiger partial charge in [-0.25, -0.2) is 4.98 Å². The molecule has 1 amide bonds. The van der Waals surface area contributed by atoms with Gasteiger partial charge in [-0.15, -0.1) is 11.3 Å². The number of anilines is 1. The highest BCUT2D eigenvalue weighted by atomic mass is 32.1. The van der Waals surface area contributed by atoms with Gasteiger partial charge in [-0.2, -0.15) is 5.10 Å². The lowest BCUT2D eigenvalue weighted by Gasteiger charge is -1.97. The molecule has 8 heteroatoms. The van der Waals surface area contributed by atoms with Gasteiger partial charge >= 0.3 is 0 Å². The molecule has 0 saturated heterocycles. The fourth-order valence-corrected chi connectivity index (χ4v) is 3.25. The Balaban J connectivity index is 1.56. The van der Waals surface area contributed by atoms with Crippen LogP contribution in [0.1, 0.15) is 16.2 Å². The Labute approximate surface area is 153 Å². The van der Waals surface area contributed by atoms with E-state index in [4.69, 9.17) is 9.15 Å². The van der Waals surface area contributed by atoms with Gasteiger partial charge in [-0.3, -0.25) is 14.8 Å². The Morgan fingerprint density at radius 1 is 1.31 bits per heavy atom. The van der Waals surface area contributed by atoms with E-state index in [9.17, 15) is 4.79 Å². The van der Waals surface area contributed by atoms with Gasteiger partial charge in [0.1, 0.15) is 17.0 Å². The summed E-state index contributed by atoms with van der Waals surface area (Å²) in [6.07, 6.45) is 0. The molecule has 0 spiro atoms. The molecule has 0 saturated carbocycles. The standard InChI is InChI=1S/C18H16N4O3S/c1-10-6-13(21-22(10)2)17(23)20-18-19-14(9-26-18)16-8-11-7-12(24-3)4-5-15(11)25-16/h4-9H,1-3H3,(H,19,20,23). The number of thiazole rings is 1. The molecule has 3 heterocycles. The number of hydrogen-bond acceptors (Lipinski definition) is 6. The van der Waals surface area contributed by atoms with Gasteiger partial charge in [0, 0.05) is 23.5 Å². The van der Waals surface area contributed by atoms with Crippen molar-refractivity contribution in [1.82, 2.24) is 14.8 Å². The first-order valence-electron chi connectivity index (χ1n) is 7.89. The van der Waals surface area contributed by atoms with Crippen LogP contribution < -0.4 is 10.1 Å². The number of methoxy groups -OCH3 is 1. The highest BCUT2D eigenvalue weighted by molar-refractivity contribution is 7.14. The number of fused-ring (bicyclic) bond motifs is 1. The summed E-state index contributed by atoms with van der Waals surface area (Å²) in [7, 11) is 3.42. The molecule has 7 nitrogen and oxygen atoms in total. The first kappa shape index (κ1) is 16.3. The highest BCUT2D eigenvalue weighted by Gasteiger charge is 2.15. The second kappa shape index (κ2) is 6.30. The third-order valence-corrected chi connectivity index (χ3v) is 4.80. The molecule has 4 rings (SSSR count). The van der Waals surface area contributed by atoms with Crippen LogP contribution in [0, 0.1) is 6.92 Å². The molecule has 0 radical (unpaired) electrons. The van der Waals surface area contributed by atoms with E-state index in [-0.39, 0.29) is 5.91 Å². The van der Waals surface area contributed by atoms with E-state index in [1.807, 2.05) is 36.6 Å². The lowest BCUT2D eigenvalue weighted by molar-refractivity contribution is 0.102. The largest absolute Gasteiger partial charge is 0.497 e. The Hall–Kier alpha value is -3.13. The summed E-state index contributed by atoms with van der Waals surface area (Å²) in [6, 6.07) is 9.24. The molecule has 26 heavy (non-hydrogen) atoms. The molecule has 0 atom stereocenters. The maximum atomic E-state index is 12.3. The van der Waals surface area contributed by atoms with Gasteiger partial charge in [0.05, 0.1) is 7.11 Å². The predicted molar refractivity (Wildman–Crippen MR) is 99.8 cm³/mol. The van der Waals surface area contributed by atoms with Gasteiger partial charge in [-0.1, -0.05) is 0 Å². The molecule has 0 bridgehead atoms. The lowest BCUT2D eigenvalue weighted by Crippen LogP contribution is -2.12. The summed E-state index contributed by atoms with van der Waals surface area (Å²) in [6.45, 7) is 1.89. The number of nitrogens with zero attached hydrogens (tertiary/aromatic N) is 3. The van der Waals surface area contributed by atoms with Crippen LogP contribution in [0.2, 0.25) is 0 Å². The Kier molecular flexibility index (Phi) is 3.96. The number of benzene rings is 1. The van der Waals surface area contributed by atoms with Crippen molar-refractivity contribution < 1.29 is 13.9 Å². The Morgan fingerprint density at radius 2 is 2.15 bits per heavy atom. The van der Waals surface area contributed by atoms with Gasteiger partial charge in [-0.05, 0) is 37.3 Å². The van der Waals surface area contributed by atoms with Crippen molar-refractivity contribution in [2.45, 2.75) is 6.92 Å². The zero-order chi connectivity index (χ0) is 18.3. The van der Waals surface area contributed by atoms with E-state index >= 15 is 0 Å². The smallest absolute Gasteiger partial charge is 0.277 e. The van der Waals surface area contributed by atoms with Crippen LogP contribution >= 0.6 is 11.3 Å². The summed E-state index contributed by atoms with van der Waals surface area (Å²) in [5.74, 6) is 1.12. The average Bonchev–Trinajstić information content (AvgIpc) is 3.33. The van der Waals surface area contributed by atoms with Gasteiger partial charge in [0.25, 0.3) is 5.91 Å². The second-order valence-corrected chi connectivity index (χ2v) is 6.66. The molecule has 4 aromatic rings. The first-order chi connectivity index (χ1) is 12.5. The number of amides is 1. The van der Waals surface area contributed by atoms with Crippen molar-refractivity contribution in [1.29, 1.82) is 0 Å². The molecular weight excluding hydrogens is 352 g/mol. The third kappa shape index (κ3) is 2.95. The third-order valence-electron chi connectivity index (χ3n) is 4.05. The summed E-state index contributed by atoms with van der Waals surface area (Å²) in [4.78, 5) is 16.7. The topological polar surface area (TPSA) is 82.2 Å². The van der Waals surface area contributed by atoms with Crippen molar-refractivity contribution in [3.63, 3.8) is 0 Å². The fraction of sp³-hybridized carbons (Fsp3) is 0.167. The fourth-order valence-electron chi connectivity index (χ4n) is 2.55. The first-order valence-corrected chi connectivity index (χ1v) is 8.77. The number of ether oxygens (including phenoxy) is 1. The molecule has 0 aliphatic heterocycles. The van der Waals surface area contributed by atoms with E-state index in [2.05, 4.69) is 15.4 Å². The van der Waals surface area contributed by atoms with Crippen molar-refractivity contribution in [3.8, 4) is 17.2 Å². The van der Waals surface area contributed by atoms with Crippen molar-refractivity contribution in [3.05, 3.63) is 47.1 Å². The maximum Gasteiger partial charge on any atom is 0.277 e. The number of hydrogen-bond donors (Lipinski definition) is 1. The Bertz CT molecular complexity index is 1090. The van der Waals surface area contributed by atoms with Crippen LogP contribution in [0.5, 0.6) is 5.75 Å². The zero-order valence-electron chi connectivity index (χ0n) is 14.4. The van der Waals surface area contributed by atoms with Crippen molar-refractivity contribution >= 4 is 33.3 Å². The van der Waals surface area contributed by atoms with E-state index < -0.39 is 0 Å². The molecule has 0 unspecified atom stereocenters. The van der Waals surface area contributed by atoms with Crippen LogP contribution in [0.15, 0.2) is 40.1 Å². The second-order valence-electron chi connectivity index (χ2n) is 5.80. The SMILES string of the molecule is COc1ccc2oc(-c3csc(NC(=O)c4cc(C)n(C)n4)n3)cc2c1. The normalized spacial score (nSPS) is 11.0. The summed E-state index contributed by atoms with van der Waals surface area (Å²) in [5.41, 5.74) is 2.69. The van der Waals surface area contributed by atoms with Crippen molar-refractivity contribution in [2.24, 2.45) is 7.05 Å². The van der Waals surface area contributed by atoms with Gasteiger partial charge in [0.2, 0.25) is 0 Å². The van der Waals surface area contributed by atoms with Crippen LogP contribution in [0.3, 0.4) is 0 Å². The minimum Gasteiger partial charge on any atom is -0.497 e. The Morgan fingerprint density at radius 3 is 2.88 bits per heavy atom. The van der Waals surface area contributed by atoms with Crippen LogP contribution in [0.4, 0.5) is 5.13 Å². The molecule has 0 aliphatic carbocycles. The van der Waals surface area contributed by atoms with Crippen LogP contribution in [-0.2, 0) is 7.05 Å². The lowest BCUT2D eigenvalue weighted by atomic mass is 10.2. The average molecular weight is 368 g/mol. The van der Waals surface area contributed by atoms with E-state index in [0.29, 0.717) is 22.3 Å². The number of rotatable bonds is 4. The maximum absolute atomic E-state index is 12.3. The molecule has 3 aromatic heterocycles. The summed E-state index contributed by atoms with van der Waals surface area (Å²) < 4.78 is 12.7. The predicted octanol–water partition coefficient (Wildman–Crippen LogP) is 3.86. The van der Waals surface area contributed by atoms with Crippen LogP contribution in [-0.4, -0.2) is 27.8 Å². The number of carbonyl (C=O) groups is 1. The molecular formula is C18H16N4O3S. The molecule has 1 N–H and O–H groups in total. The zero-order valence-corrected chi connectivity index (χ0v) is 15.3. The van der Waals surface area contributed by atoms with Crippen LogP contribution in [0.25, 0.3) is 22.4 Å². The van der Waals surface area contributed by atoms with E-state index in [1.165, 1.54) is 11.3 Å². The molecule has 132 valence electrons. The number of nitrogens with one attached hydrogen (secondary N) is 1. The van der Waals surface area contributed by atoms with E-state index in [1.54, 1.807) is 24.9 Å². The number of aromatic nitrogens is 3. The van der Waals surface area contributed by atoms with E-state index in [0.717, 1.165) is 22.4 Å².